The Morgan fingerprint density at radius 2 is 2.26 bits per heavy atom. The molecule has 0 aliphatic heterocycles. The largest absolute Gasteiger partial charge is 0.364 e. The van der Waals surface area contributed by atoms with E-state index < -0.39 is 0 Å². The summed E-state index contributed by atoms with van der Waals surface area (Å²) < 4.78 is 0.781. The minimum absolute atomic E-state index is 0.545. The number of anilines is 2. The molecule has 0 unspecified atom stereocenters. The van der Waals surface area contributed by atoms with Gasteiger partial charge in [-0.1, -0.05) is 11.6 Å². The summed E-state index contributed by atoms with van der Waals surface area (Å²) in [5.41, 5.74) is 0.700. The van der Waals surface area contributed by atoms with Crippen LogP contribution >= 0.6 is 22.9 Å². The van der Waals surface area contributed by atoms with Gasteiger partial charge in [0.25, 0.3) is 0 Å². The van der Waals surface area contributed by atoms with Crippen molar-refractivity contribution in [2.45, 2.75) is 6.54 Å². The van der Waals surface area contributed by atoms with Gasteiger partial charge in [0.15, 0.2) is 5.65 Å². The van der Waals surface area contributed by atoms with Crippen molar-refractivity contribution < 1.29 is 0 Å². The summed E-state index contributed by atoms with van der Waals surface area (Å²) in [5, 5.41) is 13.9. The highest BCUT2D eigenvalue weighted by Gasteiger charge is 2.09. The molecule has 3 rings (SSSR count). The van der Waals surface area contributed by atoms with Crippen LogP contribution in [0.15, 0.2) is 18.3 Å². The lowest BCUT2D eigenvalue weighted by Crippen LogP contribution is -2.04. The second-order valence-corrected chi connectivity index (χ2v) is 5.64. The summed E-state index contributed by atoms with van der Waals surface area (Å²) in [5.74, 6) is 1.29. The number of fused-ring (bicyclic) bond motifs is 1. The predicted octanol–water partition coefficient (Wildman–Crippen LogP) is 2.72. The predicted molar refractivity (Wildman–Crippen MR) is 77.9 cm³/mol. The van der Waals surface area contributed by atoms with E-state index in [0.29, 0.717) is 18.1 Å². The molecule has 6 nitrogen and oxygen atoms in total. The van der Waals surface area contributed by atoms with Crippen LogP contribution in [0.25, 0.3) is 11.0 Å². The molecule has 3 aromatic heterocycles. The monoisotopic (exact) mass is 294 g/mol. The van der Waals surface area contributed by atoms with Crippen molar-refractivity contribution >= 4 is 45.7 Å². The standard InChI is InChI=1S/C11H11ClN6S/c1-13-11-16-9(7-5-15-18-10(7)17-11)14-4-6-2-3-8(12)19-6/h2-3,5H,4H2,1H3,(H3,13,14,15,16,17,18). The molecule has 8 heteroatoms. The van der Waals surface area contributed by atoms with Crippen LogP contribution < -0.4 is 10.6 Å². The highest BCUT2D eigenvalue weighted by Crippen LogP contribution is 2.24. The second kappa shape index (κ2) is 5.02. The van der Waals surface area contributed by atoms with Crippen LogP contribution in [0.4, 0.5) is 11.8 Å². The van der Waals surface area contributed by atoms with Gasteiger partial charge in [0.2, 0.25) is 5.95 Å². The maximum Gasteiger partial charge on any atom is 0.226 e. The summed E-state index contributed by atoms with van der Waals surface area (Å²) in [7, 11) is 1.78. The molecule has 98 valence electrons. The topological polar surface area (TPSA) is 78.5 Å². The Bertz CT molecular complexity index is 706. The molecule has 0 amide bonds. The van der Waals surface area contributed by atoms with Crippen molar-refractivity contribution in [3.63, 3.8) is 0 Å². The summed E-state index contributed by atoms with van der Waals surface area (Å²) in [4.78, 5) is 9.81. The Morgan fingerprint density at radius 1 is 1.37 bits per heavy atom. The van der Waals surface area contributed by atoms with E-state index in [1.165, 1.54) is 0 Å². The summed E-state index contributed by atoms with van der Waals surface area (Å²) in [6.07, 6.45) is 1.71. The van der Waals surface area contributed by atoms with E-state index >= 15 is 0 Å². The fourth-order valence-electron chi connectivity index (χ4n) is 1.70. The average molecular weight is 295 g/mol. The van der Waals surface area contributed by atoms with Crippen LogP contribution in [0.5, 0.6) is 0 Å². The molecule has 0 aliphatic carbocycles. The van der Waals surface area contributed by atoms with Crippen LogP contribution in [-0.2, 0) is 6.54 Å². The van der Waals surface area contributed by atoms with Crippen LogP contribution in [0, 0.1) is 0 Å². The third-order valence-electron chi connectivity index (χ3n) is 2.59. The first-order chi connectivity index (χ1) is 9.26. The first-order valence-electron chi connectivity index (χ1n) is 5.63. The first kappa shape index (κ1) is 12.2. The number of hydrogen-bond acceptors (Lipinski definition) is 6. The van der Waals surface area contributed by atoms with Gasteiger partial charge in [0.05, 0.1) is 22.5 Å². The van der Waals surface area contributed by atoms with E-state index in [0.717, 1.165) is 20.4 Å². The minimum Gasteiger partial charge on any atom is -0.364 e. The van der Waals surface area contributed by atoms with Crippen molar-refractivity contribution in [1.29, 1.82) is 0 Å². The number of nitrogens with zero attached hydrogens (tertiary/aromatic N) is 3. The smallest absolute Gasteiger partial charge is 0.226 e. The highest BCUT2D eigenvalue weighted by atomic mass is 35.5. The maximum absolute atomic E-state index is 5.91. The van der Waals surface area contributed by atoms with Gasteiger partial charge < -0.3 is 10.6 Å². The number of hydrogen-bond donors (Lipinski definition) is 3. The van der Waals surface area contributed by atoms with Crippen LogP contribution in [-0.4, -0.2) is 27.2 Å². The molecule has 0 saturated heterocycles. The van der Waals surface area contributed by atoms with Crippen LogP contribution in [0.3, 0.4) is 0 Å². The lowest BCUT2D eigenvalue weighted by molar-refractivity contribution is 1.08. The second-order valence-electron chi connectivity index (χ2n) is 3.84. The molecular weight excluding hydrogens is 284 g/mol. The molecule has 0 radical (unpaired) electrons. The van der Waals surface area contributed by atoms with E-state index in [2.05, 4.69) is 30.8 Å². The number of aromatic nitrogens is 4. The van der Waals surface area contributed by atoms with Gasteiger partial charge in [-0.3, -0.25) is 5.10 Å². The molecule has 0 aromatic carbocycles. The van der Waals surface area contributed by atoms with Crippen molar-refractivity contribution in [2.75, 3.05) is 17.7 Å². The third kappa shape index (κ3) is 2.47. The van der Waals surface area contributed by atoms with E-state index in [1.54, 1.807) is 24.6 Å². The van der Waals surface area contributed by atoms with E-state index in [4.69, 9.17) is 11.6 Å². The number of H-pyrrole nitrogens is 1. The van der Waals surface area contributed by atoms with Crippen LogP contribution in [0.2, 0.25) is 4.34 Å². The minimum atomic E-state index is 0.545. The Morgan fingerprint density at radius 3 is 3.00 bits per heavy atom. The molecule has 3 N–H and O–H groups in total. The number of thiophene rings is 1. The molecule has 0 fully saturated rings. The Kier molecular flexibility index (Phi) is 3.22. The quantitative estimate of drug-likeness (QED) is 0.689. The molecule has 0 atom stereocenters. The molecular formula is C11H11ClN6S. The Balaban J connectivity index is 1.88. The SMILES string of the molecule is CNc1nc(NCc2ccc(Cl)s2)c2cn[nH]c2n1. The van der Waals surface area contributed by atoms with Gasteiger partial charge in [-0.05, 0) is 12.1 Å². The molecule has 0 saturated carbocycles. The van der Waals surface area contributed by atoms with Gasteiger partial charge in [-0.25, -0.2) is 0 Å². The Labute approximate surface area is 118 Å². The van der Waals surface area contributed by atoms with Crippen LogP contribution in [0.1, 0.15) is 4.88 Å². The molecule has 0 aliphatic rings. The zero-order valence-corrected chi connectivity index (χ0v) is 11.6. The molecule has 3 heterocycles. The number of nitrogens with one attached hydrogen (secondary N) is 3. The van der Waals surface area contributed by atoms with E-state index in [1.807, 2.05) is 12.1 Å². The zero-order valence-electron chi connectivity index (χ0n) is 10.1. The van der Waals surface area contributed by atoms with Crippen molar-refractivity contribution in [2.24, 2.45) is 0 Å². The van der Waals surface area contributed by atoms with E-state index in [9.17, 15) is 0 Å². The fraction of sp³-hybridized carbons (Fsp3) is 0.182. The maximum atomic E-state index is 5.91. The normalized spacial score (nSPS) is 10.8. The summed E-state index contributed by atoms with van der Waals surface area (Å²) >= 11 is 7.45. The average Bonchev–Trinajstić information content (AvgIpc) is 3.04. The van der Waals surface area contributed by atoms with Crippen molar-refractivity contribution in [3.8, 4) is 0 Å². The van der Waals surface area contributed by atoms with Gasteiger partial charge in [-0.15, -0.1) is 11.3 Å². The van der Waals surface area contributed by atoms with Crippen molar-refractivity contribution in [1.82, 2.24) is 20.2 Å². The third-order valence-corrected chi connectivity index (χ3v) is 3.82. The summed E-state index contributed by atoms with van der Waals surface area (Å²) in [6.45, 7) is 0.665. The van der Waals surface area contributed by atoms with Gasteiger partial charge in [0.1, 0.15) is 5.82 Å². The van der Waals surface area contributed by atoms with Gasteiger partial charge >= 0.3 is 0 Å². The van der Waals surface area contributed by atoms with Gasteiger partial charge in [0, 0.05) is 11.9 Å². The number of aromatic amines is 1. The van der Waals surface area contributed by atoms with Gasteiger partial charge in [-0.2, -0.15) is 15.1 Å². The molecule has 0 bridgehead atoms. The molecule has 19 heavy (non-hydrogen) atoms. The molecule has 3 aromatic rings. The zero-order chi connectivity index (χ0) is 13.2. The first-order valence-corrected chi connectivity index (χ1v) is 6.82. The number of halogens is 1. The lowest BCUT2D eigenvalue weighted by Gasteiger charge is -2.07. The Hall–Kier alpha value is -1.86. The fourth-order valence-corrected chi connectivity index (χ4v) is 2.73. The molecule has 0 spiro atoms. The van der Waals surface area contributed by atoms with Crippen molar-refractivity contribution in [3.05, 3.63) is 27.5 Å². The van der Waals surface area contributed by atoms with E-state index in [-0.39, 0.29) is 0 Å². The summed E-state index contributed by atoms with van der Waals surface area (Å²) in [6, 6.07) is 3.88. The number of rotatable bonds is 4. The lowest BCUT2D eigenvalue weighted by atomic mass is 10.4. The highest BCUT2D eigenvalue weighted by molar-refractivity contribution is 7.16.